The molecule has 3 unspecified atom stereocenters. The summed E-state index contributed by atoms with van der Waals surface area (Å²) in [6, 6.07) is 5.80. The Morgan fingerprint density at radius 1 is 1.11 bits per heavy atom. The molecule has 4 rings (SSSR count). The minimum Gasteiger partial charge on any atom is -0.352 e. The number of amides is 1. The quantitative estimate of drug-likeness (QED) is 0.566. The van der Waals surface area contributed by atoms with Gasteiger partial charge in [0.05, 0.1) is 10.5 Å². The summed E-state index contributed by atoms with van der Waals surface area (Å²) in [5, 5.41) is 3.37. The minimum atomic E-state index is -3.69. The van der Waals surface area contributed by atoms with Crippen molar-refractivity contribution < 1.29 is 13.2 Å². The molecule has 2 aromatic rings. The van der Waals surface area contributed by atoms with Crippen LogP contribution in [0.15, 0.2) is 34.0 Å². The molecular formula is C26H38N4O4S. The number of nitrogens with zero attached hydrogens (tertiary/aromatic N) is 2. The first-order chi connectivity index (χ1) is 16.6. The van der Waals surface area contributed by atoms with Gasteiger partial charge in [0.1, 0.15) is 0 Å². The zero-order chi connectivity index (χ0) is 25.2. The van der Waals surface area contributed by atoms with E-state index in [1.807, 2.05) is 6.92 Å². The van der Waals surface area contributed by atoms with Crippen LogP contribution in [0.1, 0.15) is 63.2 Å². The molecule has 2 saturated heterocycles. The molecule has 3 heterocycles. The summed E-state index contributed by atoms with van der Waals surface area (Å²) < 4.78 is 28.2. The van der Waals surface area contributed by atoms with E-state index in [1.165, 1.54) is 24.6 Å². The zero-order valence-corrected chi connectivity index (χ0v) is 21.9. The molecule has 0 radical (unpaired) electrons. The highest BCUT2D eigenvalue weighted by Gasteiger charge is 2.31. The number of nitrogens with one attached hydrogen (secondary N) is 2. The Hall–Kier alpha value is -2.23. The summed E-state index contributed by atoms with van der Waals surface area (Å²) in [7, 11) is -3.69. The third-order valence-corrected chi connectivity index (χ3v) is 9.30. The molecule has 3 atom stereocenters. The first kappa shape index (κ1) is 25.9. The highest BCUT2D eigenvalue weighted by Crippen LogP contribution is 2.28. The third-order valence-electron chi connectivity index (χ3n) is 7.29. The van der Waals surface area contributed by atoms with Crippen molar-refractivity contribution in [3.05, 3.63) is 40.2 Å². The molecule has 1 aromatic carbocycles. The van der Waals surface area contributed by atoms with Gasteiger partial charge in [0.15, 0.2) is 0 Å². The average molecular weight is 503 g/mol. The molecule has 2 N–H and O–H groups in total. The summed E-state index contributed by atoms with van der Waals surface area (Å²) >= 11 is 0. The van der Waals surface area contributed by atoms with E-state index in [0.717, 1.165) is 45.3 Å². The first-order valence-corrected chi connectivity index (χ1v) is 14.3. The van der Waals surface area contributed by atoms with Gasteiger partial charge in [-0.3, -0.25) is 9.59 Å². The number of likely N-dealkylation sites (tertiary alicyclic amines) is 1. The summed E-state index contributed by atoms with van der Waals surface area (Å²) in [5.74, 6) is 1.02. The number of benzene rings is 1. The molecule has 1 aromatic heterocycles. The van der Waals surface area contributed by atoms with Crippen LogP contribution < -0.4 is 10.9 Å². The predicted molar refractivity (Wildman–Crippen MR) is 138 cm³/mol. The monoisotopic (exact) mass is 502 g/mol. The van der Waals surface area contributed by atoms with Crippen LogP contribution in [0.5, 0.6) is 0 Å². The number of carbonyl (C=O) groups is 1. The lowest BCUT2D eigenvalue weighted by Crippen LogP contribution is -2.41. The summed E-state index contributed by atoms with van der Waals surface area (Å²) in [5.41, 5.74) is 0.261. The van der Waals surface area contributed by atoms with Crippen molar-refractivity contribution in [2.45, 2.75) is 63.8 Å². The smallest absolute Gasteiger partial charge is 0.252 e. The van der Waals surface area contributed by atoms with E-state index in [-0.39, 0.29) is 28.0 Å². The second kappa shape index (κ2) is 10.8. The lowest BCUT2D eigenvalue weighted by Gasteiger charge is -2.34. The van der Waals surface area contributed by atoms with Gasteiger partial charge in [0, 0.05) is 49.2 Å². The second-order valence-corrected chi connectivity index (χ2v) is 12.4. The minimum absolute atomic E-state index is 0.0614. The van der Waals surface area contributed by atoms with Crippen molar-refractivity contribution in [3.8, 4) is 0 Å². The topological polar surface area (TPSA) is 103 Å². The maximum Gasteiger partial charge on any atom is 0.252 e. The standard InChI is InChI=1S/C26H38N4O4S/c1-18-13-19(2)17-29(16-18)11-6-10-27-26(32)23-15-25(31)28-24-9-8-21(14-22(23)24)35(33,34)30-12-5-4-7-20(30)3/h8-9,14-15,18-20H,4-7,10-13,16-17H2,1-3H3,(H,27,32)(H,28,31). The molecule has 0 aliphatic carbocycles. The molecule has 1 amide bonds. The first-order valence-electron chi connectivity index (χ1n) is 12.8. The van der Waals surface area contributed by atoms with Gasteiger partial charge in [-0.15, -0.1) is 0 Å². The van der Waals surface area contributed by atoms with Crippen LogP contribution in [0, 0.1) is 11.8 Å². The number of hydrogen-bond acceptors (Lipinski definition) is 5. The molecular weight excluding hydrogens is 464 g/mol. The Kier molecular flexibility index (Phi) is 7.98. The van der Waals surface area contributed by atoms with Crippen LogP contribution in [0.2, 0.25) is 0 Å². The fraction of sp³-hybridized carbons (Fsp3) is 0.615. The summed E-state index contributed by atoms with van der Waals surface area (Å²) in [6.07, 6.45) is 4.78. The number of aromatic nitrogens is 1. The maximum absolute atomic E-state index is 13.3. The molecule has 35 heavy (non-hydrogen) atoms. The zero-order valence-electron chi connectivity index (χ0n) is 21.0. The van der Waals surface area contributed by atoms with Crippen LogP contribution in [-0.4, -0.2) is 67.3 Å². The number of rotatable bonds is 7. The van der Waals surface area contributed by atoms with Gasteiger partial charge in [-0.05, 0) is 69.2 Å². The van der Waals surface area contributed by atoms with Gasteiger partial charge >= 0.3 is 0 Å². The number of aromatic amines is 1. The average Bonchev–Trinajstić information content (AvgIpc) is 2.80. The Balaban J connectivity index is 1.50. The van der Waals surface area contributed by atoms with Gasteiger partial charge in [0.25, 0.3) is 5.91 Å². The highest BCUT2D eigenvalue weighted by atomic mass is 32.2. The SMILES string of the molecule is CC1CC(C)CN(CCCNC(=O)c2cc(=O)[nH]c3ccc(S(=O)(=O)N4CCCCC4C)cc23)C1. The number of H-pyrrole nitrogens is 1. The van der Waals surface area contributed by atoms with Crippen molar-refractivity contribution >= 4 is 26.8 Å². The molecule has 0 bridgehead atoms. The fourth-order valence-corrected chi connectivity index (χ4v) is 7.45. The predicted octanol–water partition coefficient (Wildman–Crippen LogP) is 3.19. The van der Waals surface area contributed by atoms with Crippen molar-refractivity contribution in [1.82, 2.24) is 19.5 Å². The van der Waals surface area contributed by atoms with Gasteiger partial charge in [0.2, 0.25) is 15.6 Å². The molecule has 192 valence electrons. The van der Waals surface area contributed by atoms with Crippen LogP contribution in [0.4, 0.5) is 0 Å². The summed E-state index contributed by atoms with van der Waals surface area (Å²) in [4.78, 5) is 30.6. The second-order valence-electron chi connectivity index (χ2n) is 10.5. The lowest BCUT2D eigenvalue weighted by molar-refractivity contribution is 0.0948. The fourth-order valence-electron chi connectivity index (χ4n) is 5.72. The molecule has 0 saturated carbocycles. The van der Waals surface area contributed by atoms with Crippen LogP contribution in [0.3, 0.4) is 0 Å². The number of fused-ring (bicyclic) bond motifs is 1. The van der Waals surface area contributed by atoms with Crippen LogP contribution in [-0.2, 0) is 10.0 Å². The van der Waals surface area contributed by atoms with E-state index in [4.69, 9.17) is 0 Å². The Morgan fingerprint density at radius 3 is 2.57 bits per heavy atom. The van der Waals surface area contributed by atoms with Crippen molar-refractivity contribution in [3.63, 3.8) is 0 Å². The Bertz CT molecular complexity index is 1220. The number of sulfonamides is 1. The Labute approximate surface area is 208 Å². The molecule has 0 spiro atoms. The molecule has 8 nitrogen and oxygen atoms in total. The molecule has 9 heteroatoms. The molecule has 2 fully saturated rings. The van der Waals surface area contributed by atoms with Crippen molar-refractivity contribution in [2.24, 2.45) is 11.8 Å². The van der Waals surface area contributed by atoms with E-state index in [0.29, 0.717) is 35.8 Å². The van der Waals surface area contributed by atoms with Gasteiger partial charge in [-0.1, -0.05) is 20.3 Å². The van der Waals surface area contributed by atoms with Crippen molar-refractivity contribution in [1.29, 1.82) is 0 Å². The maximum atomic E-state index is 13.3. The highest BCUT2D eigenvalue weighted by molar-refractivity contribution is 7.89. The van der Waals surface area contributed by atoms with E-state index in [2.05, 4.69) is 29.0 Å². The normalized spacial score (nSPS) is 24.5. The van der Waals surface area contributed by atoms with Gasteiger partial charge in [-0.2, -0.15) is 4.31 Å². The van der Waals surface area contributed by atoms with E-state index < -0.39 is 10.0 Å². The van der Waals surface area contributed by atoms with Crippen LogP contribution >= 0.6 is 0 Å². The molecule has 2 aliphatic rings. The van der Waals surface area contributed by atoms with Gasteiger partial charge in [-0.25, -0.2) is 8.42 Å². The number of carbonyl (C=O) groups excluding carboxylic acids is 1. The lowest BCUT2D eigenvalue weighted by atomic mass is 9.92. The Morgan fingerprint density at radius 2 is 1.86 bits per heavy atom. The van der Waals surface area contributed by atoms with Crippen LogP contribution in [0.25, 0.3) is 10.9 Å². The third kappa shape index (κ3) is 5.95. The molecule has 2 aliphatic heterocycles. The largest absolute Gasteiger partial charge is 0.352 e. The summed E-state index contributed by atoms with van der Waals surface area (Å²) in [6.45, 7) is 10.6. The van der Waals surface area contributed by atoms with E-state index in [9.17, 15) is 18.0 Å². The van der Waals surface area contributed by atoms with Crippen molar-refractivity contribution in [2.75, 3.05) is 32.7 Å². The van der Waals surface area contributed by atoms with Gasteiger partial charge < -0.3 is 15.2 Å². The number of piperidine rings is 2. The number of pyridine rings is 1. The van der Waals surface area contributed by atoms with E-state index in [1.54, 1.807) is 10.4 Å². The van der Waals surface area contributed by atoms with E-state index >= 15 is 0 Å². The number of hydrogen-bond donors (Lipinski definition) is 2.